The molecule has 0 bridgehead atoms. The van der Waals surface area contributed by atoms with Gasteiger partial charge in [-0.05, 0) is 30.1 Å². The van der Waals surface area contributed by atoms with Gasteiger partial charge in [0.25, 0.3) is 0 Å². The van der Waals surface area contributed by atoms with Crippen LogP contribution in [0.3, 0.4) is 0 Å². The first-order valence-corrected chi connectivity index (χ1v) is 10.9. The first-order valence-electron chi connectivity index (χ1n) is 10.0. The van der Waals surface area contributed by atoms with Crippen molar-refractivity contribution in [1.29, 1.82) is 0 Å². The van der Waals surface area contributed by atoms with Crippen molar-refractivity contribution in [3.05, 3.63) is 54.5 Å². The largest absolute Gasteiger partial charge is 0.494 e. The summed E-state index contributed by atoms with van der Waals surface area (Å²) in [5.74, 6) is 2.27. The van der Waals surface area contributed by atoms with Crippen LogP contribution in [0.15, 0.2) is 42.9 Å². The number of halogens is 1. The molecule has 0 amide bonds. The molecule has 1 atom stereocenters. The topological polar surface area (TPSA) is 105 Å². The number of aromatic nitrogens is 7. The zero-order chi connectivity index (χ0) is 23.4. The second kappa shape index (κ2) is 9.86. The number of aryl methyl sites for hydroxylation is 1. The van der Waals surface area contributed by atoms with Crippen LogP contribution in [0.5, 0.6) is 11.5 Å². The van der Waals surface area contributed by atoms with E-state index in [-0.39, 0.29) is 5.25 Å². The Hall–Kier alpha value is -3.67. The smallest absolute Gasteiger partial charge is 0.239 e. The van der Waals surface area contributed by atoms with Crippen molar-refractivity contribution in [3.8, 4) is 28.7 Å². The van der Waals surface area contributed by atoms with Gasteiger partial charge in [0.05, 0.1) is 26.6 Å². The number of hydrogen-bond acceptors (Lipinski definition) is 9. The fraction of sp³-hybridized carbons (Fsp3) is 0.286. The van der Waals surface area contributed by atoms with Gasteiger partial charge in [0.1, 0.15) is 28.7 Å². The Kier molecular flexibility index (Phi) is 6.73. The highest BCUT2D eigenvalue weighted by molar-refractivity contribution is 8.01. The van der Waals surface area contributed by atoms with Gasteiger partial charge in [0.15, 0.2) is 11.6 Å². The average molecular weight is 471 g/mol. The molecule has 172 valence electrons. The lowest BCUT2D eigenvalue weighted by Gasteiger charge is -2.17. The fourth-order valence-corrected chi connectivity index (χ4v) is 3.88. The summed E-state index contributed by atoms with van der Waals surface area (Å²) in [7, 11) is 5.02. The third-order valence-electron chi connectivity index (χ3n) is 4.73. The molecule has 4 aromatic rings. The molecule has 12 heteroatoms. The second-order valence-corrected chi connectivity index (χ2v) is 8.37. The number of nitrogens with one attached hydrogen (secondary N) is 1. The van der Waals surface area contributed by atoms with Crippen molar-refractivity contribution in [3.63, 3.8) is 0 Å². The number of hydrogen-bond donors (Lipinski definition) is 1. The van der Waals surface area contributed by atoms with Crippen LogP contribution in [0.1, 0.15) is 12.7 Å². The molecule has 1 unspecified atom stereocenters. The van der Waals surface area contributed by atoms with Gasteiger partial charge >= 0.3 is 0 Å². The van der Waals surface area contributed by atoms with Crippen molar-refractivity contribution in [2.24, 2.45) is 7.05 Å². The molecule has 0 saturated heterocycles. The summed E-state index contributed by atoms with van der Waals surface area (Å²) in [5.41, 5.74) is 1.29. The van der Waals surface area contributed by atoms with Crippen LogP contribution in [-0.2, 0) is 13.5 Å². The highest BCUT2D eigenvalue weighted by Crippen LogP contribution is 2.37. The summed E-state index contributed by atoms with van der Waals surface area (Å²) in [6, 6.07) is 7.38. The van der Waals surface area contributed by atoms with Crippen LogP contribution < -0.4 is 14.2 Å². The van der Waals surface area contributed by atoms with E-state index in [0.29, 0.717) is 46.9 Å². The Balaban J connectivity index is 1.68. The third kappa shape index (κ3) is 4.90. The summed E-state index contributed by atoms with van der Waals surface area (Å²) in [5, 5.41) is 13.3. The van der Waals surface area contributed by atoms with E-state index < -0.39 is 5.82 Å². The van der Waals surface area contributed by atoms with Gasteiger partial charge in [-0.2, -0.15) is 5.10 Å². The summed E-state index contributed by atoms with van der Waals surface area (Å²) < 4.78 is 31.1. The standard InChI is InChI=1S/C21H23FN8O2S/c1-13(10-18-23-11-14(22)12-24-18)33-28-21-26-25-20(15-8-9-29(2)27-15)30(21)19-16(31-3)6-5-7-17(19)32-4/h5-9,11-13H,10H2,1-4H3,(H,26,28). The van der Waals surface area contributed by atoms with Gasteiger partial charge < -0.3 is 9.47 Å². The van der Waals surface area contributed by atoms with Crippen molar-refractivity contribution in [2.45, 2.75) is 18.6 Å². The molecule has 0 aliphatic heterocycles. The Morgan fingerprint density at radius 2 is 1.79 bits per heavy atom. The van der Waals surface area contributed by atoms with Crippen molar-refractivity contribution >= 4 is 17.9 Å². The molecule has 0 saturated carbocycles. The minimum atomic E-state index is -0.460. The van der Waals surface area contributed by atoms with E-state index in [2.05, 4.69) is 30.0 Å². The lowest BCUT2D eigenvalue weighted by molar-refractivity contribution is 0.391. The van der Waals surface area contributed by atoms with E-state index in [1.54, 1.807) is 18.9 Å². The Labute approximate surface area is 194 Å². The summed E-state index contributed by atoms with van der Waals surface area (Å²) in [4.78, 5) is 8.05. The van der Waals surface area contributed by atoms with Gasteiger partial charge in [-0.1, -0.05) is 13.0 Å². The normalized spacial score (nSPS) is 11.9. The number of rotatable bonds is 9. The summed E-state index contributed by atoms with van der Waals surface area (Å²) in [6.45, 7) is 2.01. The van der Waals surface area contributed by atoms with Crippen LogP contribution >= 0.6 is 11.9 Å². The maximum absolute atomic E-state index is 13.1. The molecule has 0 aliphatic carbocycles. The molecule has 1 aromatic carbocycles. The Bertz CT molecular complexity index is 1210. The highest BCUT2D eigenvalue weighted by Gasteiger charge is 2.24. The van der Waals surface area contributed by atoms with Crippen LogP contribution in [0, 0.1) is 5.82 Å². The zero-order valence-corrected chi connectivity index (χ0v) is 19.4. The molecule has 4 rings (SSSR count). The molecule has 10 nitrogen and oxygen atoms in total. The van der Waals surface area contributed by atoms with E-state index in [1.807, 2.05) is 49.0 Å². The summed E-state index contributed by atoms with van der Waals surface area (Å²) in [6.07, 6.45) is 4.70. The average Bonchev–Trinajstić information content (AvgIpc) is 3.44. The Morgan fingerprint density at radius 1 is 1.09 bits per heavy atom. The third-order valence-corrected chi connectivity index (χ3v) is 5.60. The van der Waals surface area contributed by atoms with Gasteiger partial charge in [-0.25, -0.2) is 14.4 Å². The van der Waals surface area contributed by atoms with Crippen LogP contribution in [0.25, 0.3) is 17.2 Å². The first kappa shape index (κ1) is 22.5. The van der Waals surface area contributed by atoms with E-state index in [1.165, 1.54) is 11.9 Å². The fourth-order valence-electron chi connectivity index (χ4n) is 3.21. The molecule has 1 N–H and O–H groups in total. The van der Waals surface area contributed by atoms with E-state index >= 15 is 0 Å². The van der Waals surface area contributed by atoms with Gasteiger partial charge in [0, 0.05) is 24.9 Å². The van der Waals surface area contributed by atoms with Gasteiger partial charge in [-0.3, -0.25) is 14.0 Å². The van der Waals surface area contributed by atoms with Crippen LogP contribution in [0.4, 0.5) is 10.3 Å². The second-order valence-electron chi connectivity index (χ2n) is 7.12. The molecule has 3 heterocycles. The van der Waals surface area contributed by atoms with Crippen LogP contribution in [-0.4, -0.2) is 54.0 Å². The van der Waals surface area contributed by atoms with Crippen molar-refractivity contribution in [2.75, 3.05) is 18.9 Å². The molecular weight excluding hydrogens is 447 g/mol. The molecule has 0 spiro atoms. The number of methoxy groups -OCH3 is 2. The van der Waals surface area contributed by atoms with Gasteiger partial charge in [0.2, 0.25) is 5.95 Å². The molecule has 0 fully saturated rings. The minimum Gasteiger partial charge on any atom is -0.494 e. The van der Waals surface area contributed by atoms with Crippen molar-refractivity contribution < 1.29 is 13.9 Å². The number of anilines is 1. The highest BCUT2D eigenvalue weighted by atomic mass is 32.2. The molecular formula is C21H23FN8O2S. The summed E-state index contributed by atoms with van der Waals surface area (Å²) >= 11 is 1.42. The maximum atomic E-state index is 13.1. The lowest BCUT2D eigenvalue weighted by atomic mass is 10.2. The first-order chi connectivity index (χ1) is 16.0. The molecule has 3 aromatic heterocycles. The molecule has 33 heavy (non-hydrogen) atoms. The predicted octanol–water partition coefficient (Wildman–Crippen LogP) is 3.31. The van der Waals surface area contributed by atoms with E-state index in [9.17, 15) is 4.39 Å². The van der Waals surface area contributed by atoms with Crippen molar-refractivity contribution in [1.82, 2.24) is 34.5 Å². The quantitative estimate of drug-likeness (QED) is 0.369. The molecule has 0 radical (unpaired) electrons. The van der Waals surface area contributed by atoms with E-state index in [0.717, 1.165) is 12.4 Å². The maximum Gasteiger partial charge on any atom is 0.239 e. The minimum absolute atomic E-state index is 0.0541. The monoisotopic (exact) mass is 470 g/mol. The Morgan fingerprint density at radius 3 is 2.39 bits per heavy atom. The number of benzene rings is 1. The number of para-hydroxylation sites is 1. The van der Waals surface area contributed by atoms with Crippen LogP contribution in [0.2, 0.25) is 0 Å². The number of ether oxygens (including phenoxy) is 2. The SMILES string of the molecule is COc1cccc(OC)c1-n1c(NSC(C)Cc2ncc(F)cn2)nnc1-c1ccn(C)n1. The van der Waals surface area contributed by atoms with Gasteiger partial charge in [-0.15, -0.1) is 10.2 Å². The van der Waals surface area contributed by atoms with E-state index in [4.69, 9.17) is 9.47 Å². The zero-order valence-electron chi connectivity index (χ0n) is 18.6. The number of nitrogens with zero attached hydrogens (tertiary/aromatic N) is 7. The molecule has 0 aliphatic rings. The lowest BCUT2D eigenvalue weighted by Crippen LogP contribution is -2.11. The predicted molar refractivity (Wildman–Crippen MR) is 123 cm³/mol.